The third-order valence-electron chi connectivity index (χ3n) is 3.62. The van der Waals surface area contributed by atoms with Gasteiger partial charge in [0.1, 0.15) is 0 Å². The second-order valence-corrected chi connectivity index (χ2v) is 5.50. The predicted molar refractivity (Wildman–Crippen MR) is 77.2 cm³/mol. The summed E-state index contributed by atoms with van der Waals surface area (Å²) in [7, 11) is 0. The topological polar surface area (TPSA) is 83.6 Å². The Kier molecular flexibility index (Phi) is 4.49. The molecular weight excluding hydrogens is 280 g/mol. The highest BCUT2D eigenvalue weighted by atomic mass is 35.5. The molecule has 1 unspecified atom stereocenters. The summed E-state index contributed by atoms with van der Waals surface area (Å²) in [4.78, 5) is 24.1. The molecule has 1 aliphatic rings. The lowest BCUT2D eigenvalue weighted by Gasteiger charge is -2.21. The van der Waals surface area contributed by atoms with E-state index in [4.69, 9.17) is 22.4 Å². The van der Waals surface area contributed by atoms with Crippen LogP contribution in [0.4, 0.5) is 5.69 Å². The summed E-state index contributed by atoms with van der Waals surface area (Å²) >= 11 is 5.98. The smallest absolute Gasteiger partial charge is 0.303 e. The van der Waals surface area contributed by atoms with Gasteiger partial charge in [0.25, 0.3) is 5.91 Å². The molecule has 0 saturated carbocycles. The second kappa shape index (κ2) is 6.13. The van der Waals surface area contributed by atoms with Crippen molar-refractivity contribution in [1.29, 1.82) is 0 Å². The molecule has 2 rings (SSSR count). The molecule has 1 atom stereocenters. The Balaban J connectivity index is 2.11. The van der Waals surface area contributed by atoms with Crippen LogP contribution in [-0.4, -0.2) is 30.1 Å². The molecule has 0 bridgehead atoms. The molecule has 1 heterocycles. The number of anilines is 1. The fourth-order valence-corrected chi connectivity index (χ4v) is 2.76. The second-order valence-electron chi connectivity index (χ2n) is 5.06. The number of nitrogens with two attached hydrogens (primary N) is 1. The van der Waals surface area contributed by atoms with E-state index in [1.165, 1.54) is 0 Å². The fourth-order valence-electron chi connectivity index (χ4n) is 2.59. The molecule has 6 heteroatoms. The maximum Gasteiger partial charge on any atom is 0.303 e. The van der Waals surface area contributed by atoms with Crippen molar-refractivity contribution in [3.8, 4) is 0 Å². The van der Waals surface area contributed by atoms with E-state index >= 15 is 0 Å². The van der Waals surface area contributed by atoms with Gasteiger partial charge in [-0.2, -0.15) is 0 Å². The molecule has 5 nitrogen and oxygen atoms in total. The number of carbonyl (C=O) groups excluding carboxylic acids is 1. The van der Waals surface area contributed by atoms with Crippen LogP contribution < -0.4 is 10.6 Å². The van der Waals surface area contributed by atoms with E-state index in [1.807, 2.05) is 0 Å². The number of carboxylic acids is 1. The van der Waals surface area contributed by atoms with Crippen molar-refractivity contribution in [2.75, 3.05) is 18.0 Å². The Labute approximate surface area is 122 Å². The Morgan fingerprint density at radius 2 is 2.20 bits per heavy atom. The molecule has 0 aromatic heterocycles. The van der Waals surface area contributed by atoms with Crippen LogP contribution >= 0.6 is 11.6 Å². The lowest BCUT2D eigenvalue weighted by Crippen LogP contribution is -2.24. The van der Waals surface area contributed by atoms with Crippen LogP contribution in [-0.2, 0) is 4.79 Å². The number of benzene rings is 1. The van der Waals surface area contributed by atoms with Gasteiger partial charge in [0.05, 0.1) is 11.3 Å². The Morgan fingerprint density at radius 3 is 2.85 bits per heavy atom. The van der Waals surface area contributed by atoms with Gasteiger partial charge in [0.15, 0.2) is 0 Å². The highest BCUT2D eigenvalue weighted by molar-refractivity contribution is 6.31. The SMILES string of the molecule is NC(=O)c1ccc(Cl)cc1N1CCC(CCC(=O)O)C1. The number of primary amides is 1. The van der Waals surface area contributed by atoms with Crippen molar-refractivity contribution in [3.63, 3.8) is 0 Å². The first kappa shape index (κ1) is 14.7. The van der Waals surface area contributed by atoms with E-state index in [-0.39, 0.29) is 6.42 Å². The number of amides is 1. The molecule has 1 saturated heterocycles. The van der Waals surface area contributed by atoms with Gasteiger partial charge in [-0.3, -0.25) is 9.59 Å². The number of carboxylic acid groups (broad SMARTS) is 1. The van der Waals surface area contributed by atoms with Gasteiger partial charge in [-0.25, -0.2) is 0 Å². The third kappa shape index (κ3) is 3.42. The Bertz CT molecular complexity index is 533. The lowest BCUT2D eigenvalue weighted by molar-refractivity contribution is -0.137. The molecule has 0 spiro atoms. The standard InChI is InChI=1S/C14H17ClN2O3/c15-10-2-3-11(14(16)20)12(7-10)17-6-5-9(8-17)1-4-13(18)19/h2-3,7,9H,1,4-6,8H2,(H2,16,20)(H,18,19). The lowest BCUT2D eigenvalue weighted by atomic mass is 10.0. The highest BCUT2D eigenvalue weighted by Gasteiger charge is 2.25. The normalized spacial score (nSPS) is 18.2. The molecule has 0 aliphatic carbocycles. The van der Waals surface area contributed by atoms with E-state index in [9.17, 15) is 9.59 Å². The van der Waals surface area contributed by atoms with Crippen LogP contribution in [0.5, 0.6) is 0 Å². The Hall–Kier alpha value is -1.75. The zero-order valence-corrected chi connectivity index (χ0v) is 11.8. The summed E-state index contributed by atoms with van der Waals surface area (Å²) < 4.78 is 0. The van der Waals surface area contributed by atoms with Crippen molar-refractivity contribution in [3.05, 3.63) is 28.8 Å². The van der Waals surface area contributed by atoms with Crippen molar-refractivity contribution in [2.45, 2.75) is 19.3 Å². The molecule has 1 aliphatic heterocycles. The van der Waals surface area contributed by atoms with E-state index in [2.05, 4.69) is 4.90 Å². The highest BCUT2D eigenvalue weighted by Crippen LogP contribution is 2.31. The molecule has 0 radical (unpaired) electrons. The zero-order valence-electron chi connectivity index (χ0n) is 11.0. The molecule has 1 aromatic rings. The van der Waals surface area contributed by atoms with Gasteiger partial charge >= 0.3 is 5.97 Å². The van der Waals surface area contributed by atoms with Crippen LogP contribution in [0.25, 0.3) is 0 Å². The van der Waals surface area contributed by atoms with Gasteiger partial charge in [-0.1, -0.05) is 11.6 Å². The maximum atomic E-state index is 11.5. The molecule has 3 N–H and O–H groups in total. The summed E-state index contributed by atoms with van der Waals surface area (Å²) in [6, 6.07) is 5.01. The van der Waals surface area contributed by atoms with Gasteiger partial charge in [-0.05, 0) is 37.0 Å². The first-order valence-electron chi connectivity index (χ1n) is 6.53. The molecule has 1 fully saturated rings. The van der Waals surface area contributed by atoms with E-state index in [0.29, 0.717) is 22.9 Å². The first-order chi connectivity index (χ1) is 9.47. The number of nitrogens with zero attached hydrogens (tertiary/aromatic N) is 1. The number of halogens is 1. The van der Waals surface area contributed by atoms with E-state index in [1.54, 1.807) is 18.2 Å². The largest absolute Gasteiger partial charge is 0.481 e. The van der Waals surface area contributed by atoms with Gasteiger partial charge in [0, 0.05) is 24.5 Å². The van der Waals surface area contributed by atoms with E-state index < -0.39 is 11.9 Å². The molecule has 1 amide bonds. The van der Waals surface area contributed by atoms with Crippen molar-refractivity contribution < 1.29 is 14.7 Å². The first-order valence-corrected chi connectivity index (χ1v) is 6.91. The number of aliphatic carboxylic acids is 1. The predicted octanol–water partition coefficient (Wildman–Crippen LogP) is 2.13. The average Bonchev–Trinajstić information content (AvgIpc) is 2.84. The summed E-state index contributed by atoms with van der Waals surface area (Å²) in [6.45, 7) is 1.51. The molecule has 108 valence electrons. The minimum atomic E-state index is -0.774. The fraction of sp³-hybridized carbons (Fsp3) is 0.429. The van der Waals surface area contributed by atoms with Crippen LogP contribution in [0.2, 0.25) is 5.02 Å². The van der Waals surface area contributed by atoms with Crippen LogP contribution in [0.3, 0.4) is 0 Å². The monoisotopic (exact) mass is 296 g/mol. The van der Waals surface area contributed by atoms with Gasteiger partial charge in [0.2, 0.25) is 0 Å². The van der Waals surface area contributed by atoms with Crippen LogP contribution in [0, 0.1) is 5.92 Å². The number of hydrogen-bond donors (Lipinski definition) is 2. The summed E-state index contributed by atoms with van der Waals surface area (Å²) in [5.74, 6) is -0.930. The quantitative estimate of drug-likeness (QED) is 0.872. The maximum absolute atomic E-state index is 11.5. The number of hydrogen-bond acceptors (Lipinski definition) is 3. The van der Waals surface area contributed by atoms with Gasteiger partial charge < -0.3 is 15.7 Å². The van der Waals surface area contributed by atoms with Crippen LogP contribution in [0.15, 0.2) is 18.2 Å². The molecular formula is C14H17ClN2O3. The summed E-state index contributed by atoms with van der Waals surface area (Å²) in [6.07, 6.45) is 1.74. The number of carbonyl (C=O) groups is 2. The molecule has 20 heavy (non-hydrogen) atoms. The molecule has 1 aromatic carbocycles. The average molecular weight is 297 g/mol. The van der Waals surface area contributed by atoms with Crippen molar-refractivity contribution >= 4 is 29.2 Å². The zero-order chi connectivity index (χ0) is 14.7. The summed E-state index contributed by atoms with van der Waals surface area (Å²) in [5, 5.41) is 9.27. The third-order valence-corrected chi connectivity index (χ3v) is 3.85. The summed E-state index contributed by atoms with van der Waals surface area (Å²) in [5.41, 5.74) is 6.57. The van der Waals surface area contributed by atoms with Crippen LogP contribution in [0.1, 0.15) is 29.6 Å². The van der Waals surface area contributed by atoms with Crippen molar-refractivity contribution in [1.82, 2.24) is 0 Å². The minimum absolute atomic E-state index is 0.177. The van der Waals surface area contributed by atoms with E-state index in [0.717, 1.165) is 25.2 Å². The minimum Gasteiger partial charge on any atom is -0.481 e. The van der Waals surface area contributed by atoms with Gasteiger partial charge in [-0.15, -0.1) is 0 Å². The van der Waals surface area contributed by atoms with Crippen molar-refractivity contribution in [2.24, 2.45) is 11.7 Å². The Morgan fingerprint density at radius 1 is 1.45 bits per heavy atom. The number of rotatable bonds is 5.